The van der Waals surface area contributed by atoms with Crippen LogP contribution in [-0.4, -0.2) is 58.1 Å². The van der Waals surface area contributed by atoms with Gasteiger partial charge in [0, 0.05) is 43.3 Å². The van der Waals surface area contributed by atoms with Crippen LogP contribution in [0, 0.1) is 0 Å². The van der Waals surface area contributed by atoms with E-state index in [1.807, 2.05) is 26.0 Å². The first kappa shape index (κ1) is 19.7. The van der Waals surface area contributed by atoms with Crippen molar-refractivity contribution < 1.29 is 18.5 Å². The molecule has 0 radical (unpaired) electrons. The molecule has 0 saturated carbocycles. The molecule has 3 amide bonds. The van der Waals surface area contributed by atoms with Crippen LogP contribution in [0.1, 0.15) is 36.1 Å². The van der Waals surface area contributed by atoms with Crippen molar-refractivity contribution in [2.24, 2.45) is 0 Å². The Morgan fingerprint density at radius 2 is 1.73 bits per heavy atom. The van der Waals surface area contributed by atoms with Gasteiger partial charge in [0.25, 0.3) is 11.8 Å². The zero-order valence-corrected chi connectivity index (χ0v) is 16.9. The van der Waals surface area contributed by atoms with Crippen LogP contribution < -0.4 is 5.32 Å². The summed E-state index contributed by atoms with van der Waals surface area (Å²) in [6, 6.07) is 10.4. The van der Waals surface area contributed by atoms with Crippen LogP contribution in [0.15, 0.2) is 51.6 Å². The minimum atomic E-state index is -0.201. The summed E-state index contributed by atoms with van der Waals surface area (Å²) in [5.41, 5.74) is 1.46. The van der Waals surface area contributed by atoms with E-state index in [1.165, 1.54) is 6.26 Å². The van der Waals surface area contributed by atoms with Gasteiger partial charge in [-0.2, -0.15) is 4.98 Å². The Kier molecular flexibility index (Phi) is 5.51. The third-order valence-electron chi connectivity index (χ3n) is 4.93. The summed E-state index contributed by atoms with van der Waals surface area (Å²) in [6.45, 7) is 5.83. The number of nitrogens with one attached hydrogen (secondary N) is 1. The highest BCUT2D eigenvalue weighted by molar-refractivity contribution is 5.92. The summed E-state index contributed by atoms with van der Waals surface area (Å²) < 4.78 is 10.4. The molecular formula is C21H23N5O4. The van der Waals surface area contributed by atoms with Crippen LogP contribution in [0.2, 0.25) is 0 Å². The molecule has 1 aromatic carbocycles. The molecule has 1 saturated heterocycles. The van der Waals surface area contributed by atoms with Crippen LogP contribution in [0.3, 0.4) is 0 Å². The fourth-order valence-electron chi connectivity index (χ4n) is 3.15. The van der Waals surface area contributed by atoms with Crippen molar-refractivity contribution in [2.75, 3.05) is 31.5 Å². The van der Waals surface area contributed by atoms with Gasteiger partial charge >= 0.3 is 6.03 Å². The van der Waals surface area contributed by atoms with E-state index >= 15 is 0 Å². The van der Waals surface area contributed by atoms with Gasteiger partial charge in [-0.25, -0.2) is 4.79 Å². The monoisotopic (exact) mass is 409 g/mol. The lowest BCUT2D eigenvalue weighted by molar-refractivity contribution is 0.0640. The molecule has 2 aromatic heterocycles. The van der Waals surface area contributed by atoms with Crippen LogP contribution >= 0.6 is 0 Å². The minimum absolute atomic E-state index is 0.155. The maximum absolute atomic E-state index is 12.6. The summed E-state index contributed by atoms with van der Waals surface area (Å²) in [5, 5.41) is 6.85. The van der Waals surface area contributed by atoms with Crippen molar-refractivity contribution in [3.05, 3.63) is 54.2 Å². The molecule has 156 valence electrons. The van der Waals surface area contributed by atoms with E-state index in [4.69, 9.17) is 8.94 Å². The number of hydrogen-bond donors (Lipinski definition) is 1. The van der Waals surface area contributed by atoms with Crippen LogP contribution in [0.25, 0.3) is 11.5 Å². The molecule has 0 bridgehead atoms. The summed E-state index contributed by atoms with van der Waals surface area (Å²) in [5.74, 6) is 1.46. The molecule has 1 N–H and O–H groups in total. The van der Waals surface area contributed by atoms with Crippen molar-refractivity contribution in [2.45, 2.75) is 19.8 Å². The van der Waals surface area contributed by atoms with E-state index in [2.05, 4.69) is 15.5 Å². The standard InChI is InChI=1S/C21H23N5O4/c1-14(2)18-23-19(30-24-18)15-5-7-16(8-6-15)22-21(28)26-11-9-25(10-12-26)20(27)17-4-3-13-29-17/h3-8,13-14H,9-12H2,1-2H3,(H,22,28). The number of carbonyl (C=O) groups is 2. The van der Waals surface area contributed by atoms with Gasteiger partial charge in [-0.15, -0.1) is 0 Å². The number of anilines is 1. The molecule has 0 aliphatic carbocycles. The van der Waals surface area contributed by atoms with E-state index in [9.17, 15) is 9.59 Å². The third-order valence-corrected chi connectivity index (χ3v) is 4.93. The molecule has 30 heavy (non-hydrogen) atoms. The SMILES string of the molecule is CC(C)c1noc(-c2ccc(NC(=O)N3CCN(C(=O)c4ccco4)CC3)cc2)n1. The molecule has 9 nitrogen and oxygen atoms in total. The largest absolute Gasteiger partial charge is 0.459 e. The third kappa shape index (κ3) is 4.19. The molecule has 9 heteroatoms. The van der Waals surface area contributed by atoms with Gasteiger partial charge < -0.3 is 24.1 Å². The molecule has 3 heterocycles. The zero-order valence-electron chi connectivity index (χ0n) is 16.9. The molecule has 4 rings (SSSR count). The molecule has 0 atom stereocenters. The zero-order chi connectivity index (χ0) is 21.1. The first-order valence-corrected chi connectivity index (χ1v) is 9.84. The Labute approximate surface area is 173 Å². The molecule has 3 aromatic rings. The fourth-order valence-corrected chi connectivity index (χ4v) is 3.15. The van der Waals surface area contributed by atoms with Crippen molar-refractivity contribution in [3.8, 4) is 11.5 Å². The molecule has 1 aliphatic rings. The average molecular weight is 409 g/mol. The molecular weight excluding hydrogens is 386 g/mol. The second-order valence-electron chi connectivity index (χ2n) is 7.38. The lowest BCUT2D eigenvalue weighted by Gasteiger charge is -2.34. The van der Waals surface area contributed by atoms with Crippen molar-refractivity contribution in [1.29, 1.82) is 0 Å². The molecule has 1 aliphatic heterocycles. The van der Waals surface area contributed by atoms with E-state index in [1.54, 1.807) is 34.1 Å². The number of furan rings is 1. The maximum atomic E-state index is 12.6. The first-order valence-electron chi connectivity index (χ1n) is 9.84. The second-order valence-corrected chi connectivity index (χ2v) is 7.38. The molecule has 0 spiro atoms. The van der Waals surface area contributed by atoms with Gasteiger partial charge in [0.1, 0.15) is 0 Å². The number of carbonyl (C=O) groups excluding carboxylic acids is 2. The van der Waals surface area contributed by atoms with Crippen LogP contribution in [0.4, 0.5) is 10.5 Å². The number of amides is 3. The predicted molar refractivity (Wildman–Crippen MR) is 109 cm³/mol. The highest BCUT2D eigenvalue weighted by Crippen LogP contribution is 2.22. The fraction of sp³-hybridized carbons (Fsp3) is 0.333. The number of piperazine rings is 1. The van der Waals surface area contributed by atoms with Gasteiger partial charge in [0.15, 0.2) is 11.6 Å². The van der Waals surface area contributed by atoms with E-state index in [0.717, 1.165) is 5.56 Å². The van der Waals surface area contributed by atoms with Gasteiger partial charge in [0.2, 0.25) is 0 Å². The quantitative estimate of drug-likeness (QED) is 0.708. The Morgan fingerprint density at radius 1 is 1.03 bits per heavy atom. The first-order chi connectivity index (χ1) is 14.5. The van der Waals surface area contributed by atoms with Gasteiger partial charge in [-0.3, -0.25) is 4.79 Å². The van der Waals surface area contributed by atoms with Gasteiger partial charge in [-0.1, -0.05) is 19.0 Å². The average Bonchev–Trinajstić information content (AvgIpc) is 3.46. The van der Waals surface area contributed by atoms with E-state index in [0.29, 0.717) is 49.3 Å². The van der Waals surface area contributed by atoms with Gasteiger partial charge in [0.05, 0.1) is 6.26 Å². The van der Waals surface area contributed by atoms with Crippen molar-refractivity contribution in [1.82, 2.24) is 19.9 Å². The number of benzene rings is 1. The number of urea groups is 1. The van der Waals surface area contributed by atoms with Crippen LogP contribution in [-0.2, 0) is 0 Å². The highest BCUT2D eigenvalue weighted by atomic mass is 16.5. The summed E-state index contributed by atoms with van der Waals surface area (Å²) >= 11 is 0. The van der Waals surface area contributed by atoms with Crippen LogP contribution in [0.5, 0.6) is 0 Å². The van der Waals surface area contributed by atoms with Crippen molar-refractivity contribution >= 4 is 17.6 Å². The summed E-state index contributed by atoms with van der Waals surface area (Å²) in [6.07, 6.45) is 1.48. The number of rotatable bonds is 4. The Morgan fingerprint density at radius 3 is 2.33 bits per heavy atom. The second kappa shape index (κ2) is 8.40. The highest BCUT2D eigenvalue weighted by Gasteiger charge is 2.26. The summed E-state index contributed by atoms with van der Waals surface area (Å²) in [4.78, 5) is 32.6. The van der Waals surface area contributed by atoms with Gasteiger partial charge in [-0.05, 0) is 36.4 Å². The molecule has 1 fully saturated rings. The smallest absolute Gasteiger partial charge is 0.321 e. The number of nitrogens with zero attached hydrogens (tertiary/aromatic N) is 4. The minimum Gasteiger partial charge on any atom is -0.459 e. The lowest BCUT2D eigenvalue weighted by atomic mass is 10.2. The lowest BCUT2D eigenvalue weighted by Crippen LogP contribution is -2.51. The summed E-state index contributed by atoms with van der Waals surface area (Å²) in [7, 11) is 0. The van der Waals surface area contributed by atoms with E-state index < -0.39 is 0 Å². The topological polar surface area (TPSA) is 105 Å². The maximum Gasteiger partial charge on any atom is 0.321 e. The number of hydrogen-bond acceptors (Lipinski definition) is 6. The van der Waals surface area contributed by atoms with E-state index in [-0.39, 0.29) is 17.9 Å². The predicted octanol–water partition coefficient (Wildman–Crippen LogP) is 3.44. The van der Waals surface area contributed by atoms with Crippen molar-refractivity contribution in [3.63, 3.8) is 0 Å². The molecule has 0 unspecified atom stereocenters. The Balaban J connectivity index is 1.31. The Hall–Kier alpha value is -3.62. The normalized spacial score (nSPS) is 14.2. The Bertz CT molecular complexity index is 1000. The number of aromatic nitrogens is 2.